The van der Waals surface area contributed by atoms with Gasteiger partial charge < -0.3 is 9.84 Å². The van der Waals surface area contributed by atoms with Gasteiger partial charge >= 0.3 is 0 Å². The number of hydrogen-bond acceptors (Lipinski definition) is 3. The number of nitrogens with zero attached hydrogens (tertiary/aromatic N) is 1. The van der Waals surface area contributed by atoms with Crippen LogP contribution >= 0.6 is 15.9 Å². The first-order valence-corrected chi connectivity index (χ1v) is 9.30. The molecule has 7 heteroatoms. The average molecular weight is 450 g/mol. The molecule has 0 amide bonds. The summed E-state index contributed by atoms with van der Waals surface area (Å²) >= 11 is 3.26. The number of aliphatic hydroxyl groups is 1. The van der Waals surface area contributed by atoms with E-state index in [1.807, 2.05) is 13.0 Å². The van der Waals surface area contributed by atoms with Crippen LogP contribution in [0.3, 0.4) is 0 Å². The van der Waals surface area contributed by atoms with E-state index in [-0.39, 0.29) is 34.6 Å². The number of aryl methyl sites for hydroxylation is 2. The van der Waals surface area contributed by atoms with E-state index < -0.39 is 11.6 Å². The van der Waals surface area contributed by atoms with E-state index in [4.69, 9.17) is 4.74 Å². The van der Waals surface area contributed by atoms with Crippen molar-refractivity contribution in [2.45, 2.75) is 27.1 Å². The minimum atomic E-state index is -0.711. The van der Waals surface area contributed by atoms with Crippen molar-refractivity contribution in [3.05, 3.63) is 91.3 Å². The van der Waals surface area contributed by atoms with Crippen molar-refractivity contribution in [3.63, 3.8) is 0 Å². The lowest BCUT2D eigenvalue weighted by molar-refractivity contribution is 0.282. The quantitative estimate of drug-likeness (QED) is 0.620. The van der Waals surface area contributed by atoms with Gasteiger partial charge in [0.15, 0.2) is 0 Å². The van der Waals surface area contributed by atoms with E-state index in [0.29, 0.717) is 16.9 Å². The van der Waals surface area contributed by atoms with Crippen molar-refractivity contribution in [2.24, 2.45) is 0 Å². The van der Waals surface area contributed by atoms with Gasteiger partial charge in [0.1, 0.15) is 28.5 Å². The molecule has 1 heterocycles. The average Bonchev–Trinajstić information content (AvgIpc) is 2.66. The lowest BCUT2D eigenvalue weighted by Crippen LogP contribution is -2.23. The minimum absolute atomic E-state index is 0.132. The van der Waals surface area contributed by atoms with Crippen molar-refractivity contribution in [1.82, 2.24) is 4.57 Å². The molecule has 3 aromatic rings. The van der Waals surface area contributed by atoms with Gasteiger partial charge in [-0.2, -0.15) is 0 Å². The summed E-state index contributed by atoms with van der Waals surface area (Å²) < 4.78 is 34.1. The Bertz CT molecular complexity index is 1100. The standard InChI is InChI=1S/C21H18BrF2NO3/c1-12-3-4-14(10-26)8-18(12)25-13(2)7-19(20(22)21(25)27)28-11-15-5-6-16(23)9-17(15)24/h3-9,26H,10-11H2,1-2H3. The number of aromatic nitrogens is 1. The number of hydrogen-bond donors (Lipinski definition) is 1. The first-order chi connectivity index (χ1) is 13.3. The largest absolute Gasteiger partial charge is 0.487 e. The van der Waals surface area contributed by atoms with Gasteiger partial charge in [-0.15, -0.1) is 0 Å². The lowest BCUT2D eigenvalue weighted by Gasteiger charge is -2.17. The maximum atomic E-state index is 13.8. The predicted molar refractivity (Wildman–Crippen MR) is 106 cm³/mol. The van der Waals surface area contributed by atoms with E-state index in [2.05, 4.69) is 15.9 Å². The molecule has 0 bridgehead atoms. The van der Waals surface area contributed by atoms with Gasteiger partial charge in [0.05, 0.1) is 12.3 Å². The van der Waals surface area contributed by atoms with Crippen LogP contribution in [0.1, 0.15) is 22.4 Å². The third kappa shape index (κ3) is 4.00. The Morgan fingerprint density at radius 3 is 2.54 bits per heavy atom. The van der Waals surface area contributed by atoms with Crippen LogP contribution in [0.4, 0.5) is 8.78 Å². The molecule has 1 aromatic heterocycles. The zero-order valence-electron chi connectivity index (χ0n) is 15.3. The summed E-state index contributed by atoms with van der Waals surface area (Å²) in [6, 6.07) is 10.3. The molecule has 0 aliphatic rings. The molecule has 1 N–H and O–H groups in total. The van der Waals surface area contributed by atoms with Crippen molar-refractivity contribution >= 4 is 15.9 Å². The van der Waals surface area contributed by atoms with Gasteiger partial charge in [0, 0.05) is 23.4 Å². The van der Waals surface area contributed by atoms with E-state index in [0.717, 1.165) is 17.7 Å². The molecule has 0 radical (unpaired) electrons. The summed E-state index contributed by atoms with van der Waals surface area (Å²) in [4.78, 5) is 12.9. The van der Waals surface area contributed by atoms with Gasteiger partial charge in [0.25, 0.3) is 5.56 Å². The van der Waals surface area contributed by atoms with E-state index >= 15 is 0 Å². The van der Waals surface area contributed by atoms with Crippen molar-refractivity contribution in [2.75, 3.05) is 0 Å². The molecule has 146 valence electrons. The van der Waals surface area contributed by atoms with Crippen LogP contribution < -0.4 is 10.3 Å². The molecule has 0 fully saturated rings. The summed E-state index contributed by atoms with van der Waals surface area (Å²) in [5, 5.41) is 9.38. The molecule has 0 aliphatic heterocycles. The fourth-order valence-electron chi connectivity index (χ4n) is 2.87. The highest BCUT2D eigenvalue weighted by Crippen LogP contribution is 2.26. The molecule has 0 atom stereocenters. The molecule has 0 saturated heterocycles. The van der Waals surface area contributed by atoms with Crippen molar-refractivity contribution in [3.8, 4) is 11.4 Å². The number of ether oxygens (including phenoxy) is 1. The van der Waals surface area contributed by atoms with Gasteiger partial charge in [-0.25, -0.2) is 8.78 Å². The van der Waals surface area contributed by atoms with Crippen LogP contribution in [0, 0.1) is 25.5 Å². The number of benzene rings is 2. The number of aliphatic hydroxyl groups excluding tert-OH is 1. The Labute approximate surface area is 169 Å². The second-order valence-corrected chi connectivity index (χ2v) is 7.20. The highest BCUT2D eigenvalue weighted by Gasteiger charge is 2.16. The molecule has 0 saturated carbocycles. The Morgan fingerprint density at radius 1 is 1.11 bits per heavy atom. The molecule has 0 spiro atoms. The van der Waals surface area contributed by atoms with Crippen LogP contribution in [0.2, 0.25) is 0 Å². The summed E-state index contributed by atoms with van der Waals surface area (Å²) in [5.41, 5.74) is 2.67. The van der Waals surface area contributed by atoms with Gasteiger partial charge in [-0.05, 0) is 59.1 Å². The number of halogens is 3. The number of rotatable bonds is 5. The smallest absolute Gasteiger partial charge is 0.273 e. The molecule has 0 unspecified atom stereocenters. The molecule has 28 heavy (non-hydrogen) atoms. The third-order valence-electron chi connectivity index (χ3n) is 4.40. The summed E-state index contributed by atoms with van der Waals surface area (Å²) in [6.45, 7) is 3.35. The maximum absolute atomic E-state index is 13.8. The van der Waals surface area contributed by atoms with Crippen LogP contribution in [0.15, 0.2) is 51.7 Å². The SMILES string of the molecule is Cc1ccc(CO)cc1-n1c(C)cc(OCc2ccc(F)cc2F)c(Br)c1=O. The topological polar surface area (TPSA) is 51.5 Å². The Kier molecular flexibility index (Phi) is 5.96. The molecular formula is C21H18BrF2NO3. The Hall–Kier alpha value is -2.51. The van der Waals surface area contributed by atoms with E-state index in [1.165, 1.54) is 10.6 Å². The fourth-order valence-corrected chi connectivity index (χ4v) is 3.28. The van der Waals surface area contributed by atoms with Crippen LogP contribution in [-0.4, -0.2) is 9.67 Å². The fraction of sp³-hybridized carbons (Fsp3) is 0.190. The van der Waals surface area contributed by atoms with Crippen molar-refractivity contribution < 1.29 is 18.6 Å². The van der Waals surface area contributed by atoms with E-state index in [9.17, 15) is 18.7 Å². The first kappa shape index (κ1) is 20.2. The molecule has 0 aliphatic carbocycles. The molecule has 3 rings (SSSR count). The summed E-state index contributed by atoms with van der Waals surface area (Å²) in [5.74, 6) is -1.11. The predicted octanol–water partition coefficient (Wildman–Crippen LogP) is 4.57. The highest BCUT2D eigenvalue weighted by molar-refractivity contribution is 9.10. The second kappa shape index (κ2) is 8.24. The minimum Gasteiger partial charge on any atom is -0.487 e. The number of pyridine rings is 1. The van der Waals surface area contributed by atoms with Crippen molar-refractivity contribution in [1.29, 1.82) is 0 Å². The monoisotopic (exact) mass is 449 g/mol. The summed E-state index contributed by atoms with van der Waals surface area (Å²) in [6.07, 6.45) is 0. The zero-order valence-corrected chi connectivity index (χ0v) is 16.9. The lowest BCUT2D eigenvalue weighted by atomic mass is 10.1. The maximum Gasteiger partial charge on any atom is 0.273 e. The molecule has 2 aromatic carbocycles. The van der Waals surface area contributed by atoms with Crippen LogP contribution in [0.5, 0.6) is 5.75 Å². The Balaban J connectivity index is 1.98. The molecular weight excluding hydrogens is 432 g/mol. The van der Waals surface area contributed by atoms with Gasteiger partial charge in [0.2, 0.25) is 0 Å². The van der Waals surface area contributed by atoms with Crippen LogP contribution in [-0.2, 0) is 13.2 Å². The second-order valence-electron chi connectivity index (χ2n) is 6.41. The van der Waals surface area contributed by atoms with Crippen LogP contribution in [0.25, 0.3) is 5.69 Å². The van der Waals surface area contributed by atoms with Gasteiger partial charge in [-0.3, -0.25) is 9.36 Å². The summed E-state index contributed by atoms with van der Waals surface area (Å²) in [7, 11) is 0. The highest BCUT2D eigenvalue weighted by atomic mass is 79.9. The zero-order chi connectivity index (χ0) is 20.4. The Morgan fingerprint density at radius 2 is 1.86 bits per heavy atom. The third-order valence-corrected chi connectivity index (χ3v) is 5.13. The normalized spacial score (nSPS) is 10.9. The van der Waals surface area contributed by atoms with Gasteiger partial charge in [-0.1, -0.05) is 12.1 Å². The van der Waals surface area contributed by atoms with E-state index in [1.54, 1.807) is 25.1 Å². The first-order valence-electron chi connectivity index (χ1n) is 8.51. The molecule has 4 nitrogen and oxygen atoms in total.